The van der Waals surface area contributed by atoms with Crippen LogP contribution >= 0.6 is 0 Å². The van der Waals surface area contributed by atoms with Gasteiger partial charge in [-0.05, 0) is 42.2 Å². The molecule has 2 heteroatoms. The van der Waals surface area contributed by atoms with Crippen LogP contribution in [0.15, 0.2) is 48.5 Å². The molecule has 0 saturated carbocycles. The minimum atomic E-state index is -0.136. The molecule has 2 aromatic carbocycles. The van der Waals surface area contributed by atoms with Crippen molar-refractivity contribution in [2.75, 3.05) is 13.7 Å². The van der Waals surface area contributed by atoms with E-state index in [1.54, 1.807) is 7.11 Å². The summed E-state index contributed by atoms with van der Waals surface area (Å²) in [5.74, 6) is 0.921. The lowest BCUT2D eigenvalue weighted by Gasteiger charge is -2.38. The van der Waals surface area contributed by atoms with Crippen molar-refractivity contribution in [1.82, 2.24) is 5.32 Å². The largest absolute Gasteiger partial charge is 0.497 e. The predicted molar refractivity (Wildman–Crippen MR) is 77.6 cm³/mol. The molecule has 2 aromatic rings. The van der Waals surface area contributed by atoms with Crippen LogP contribution in [0.5, 0.6) is 5.75 Å². The van der Waals surface area contributed by atoms with Gasteiger partial charge in [0.15, 0.2) is 0 Å². The van der Waals surface area contributed by atoms with E-state index in [0.29, 0.717) is 0 Å². The summed E-state index contributed by atoms with van der Waals surface area (Å²) >= 11 is 0. The van der Waals surface area contributed by atoms with E-state index in [0.717, 1.165) is 18.7 Å². The quantitative estimate of drug-likeness (QED) is 0.888. The van der Waals surface area contributed by atoms with E-state index in [9.17, 15) is 0 Å². The molecule has 0 aromatic heterocycles. The van der Waals surface area contributed by atoms with Gasteiger partial charge in [-0.3, -0.25) is 0 Å². The lowest BCUT2D eigenvalue weighted by molar-refractivity contribution is 0.395. The van der Waals surface area contributed by atoms with Gasteiger partial charge in [0, 0.05) is 6.54 Å². The van der Waals surface area contributed by atoms with Crippen molar-refractivity contribution in [3.05, 3.63) is 65.2 Å². The van der Waals surface area contributed by atoms with Crippen LogP contribution in [-0.4, -0.2) is 13.7 Å². The summed E-state index contributed by atoms with van der Waals surface area (Å²) in [6.45, 7) is 3.25. The molecular formula is C17H19NO. The number of ether oxygens (including phenoxy) is 1. The Morgan fingerprint density at radius 3 is 2.63 bits per heavy atom. The van der Waals surface area contributed by atoms with Crippen LogP contribution in [0.4, 0.5) is 0 Å². The van der Waals surface area contributed by atoms with Crippen LogP contribution in [-0.2, 0) is 12.0 Å². The fraction of sp³-hybridized carbons (Fsp3) is 0.294. The van der Waals surface area contributed by atoms with Gasteiger partial charge in [0.1, 0.15) is 5.75 Å². The molecular weight excluding hydrogens is 234 g/mol. The Labute approximate surface area is 114 Å². The third kappa shape index (κ3) is 2.02. The van der Waals surface area contributed by atoms with Gasteiger partial charge in [0.2, 0.25) is 0 Å². The number of benzene rings is 2. The van der Waals surface area contributed by atoms with Crippen molar-refractivity contribution in [2.24, 2.45) is 0 Å². The molecule has 1 N–H and O–H groups in total. The van der Waals surface area contributed by atoms with Crippen molar-refractivity contribution in [1.29, 1.82) is 0 Å². The van der Waals surface area contributed by atoms with Gasteiger partial charge in [-0.25, -0.2) is 0 Å². The fourth-order valence-corrected chi connectivity index (χ4v) is 2.94. The normalized spacial score (nSPS) is 21.8. The lowest BCUT2D eigenvalue weighted by Crippen LogP contribution is -2.45. The van der Waals surface area contributed by atoms with Crippen LogP contribution in [0.1, 0.15) is 23.6 Å². The molecule has 1 heterocycles. The summed E-state index contributed by atoms with van der Waals surface area (Å²) in [6.07, 6.45) is 1.07. The summed E-state index contributed by atoms with van der Waals surface area (Å²) in [6, 6.07) is 17.0. The van der Waals surface area contributed by atoms with Crippen molar-refractivity contribution >= 4 is 0 Å². The standard InChI is InChI=1S/C17H19NO/c1-17(14-6-4-3-5-7-14)16-12-15(19-2)9-8-13(16)10-11-18-17/h3-9,12,18H,10-11H2,1-2H3. The molecule has 98 valence electrons. The molecule has 0 aliphatic carbocycles. The molecule has 1 aliphatic heterocycles. The Bertz CT molecular complexity index is 579. The van der Waals surface area contributed by atoms with Gasteiger partial charge in [0.25, 0.3) is 0 Å². The topological polar surface area (TPSA) is 21.3 Å². The number of fused-ring (bicyclic) bond motifs is 1. The summed E-state index contributed by atoms with van der Waals surface area (Å²) in [4.78, 5) is 0. The Morgan fingerprint density at radius 1 is 1.11 bits per heavy atom. The smallest absolute Gasteiger partial charge is 0.119 e. The SMILES string of the molecule is COc1ccc2c(c1)C(C)(c1ccccc1)NCC2. The zero-order valence-corrected chi connectivity index (χ0v) is 11.4. The molecule has 0 radical (unpaired) electrons. The molecule has 1 unspecified atom stereocenters. The number of methoxy groups -OCH3 is 1. The van der Waals surface area contributed by atoms with Crippen molar-refractivity contribution in [2.45, 2.75) is 18.9 Å². The molecule has 0 fully saturated rings. The molecule has 3 rings (SSSR count). The van der Waals surface area contributed by atoms with Gasteiger partial charge in [-0.1, -0.05) is 36.4 Å². The summed E-state index contributed by atoms with van der Waals surface area (Å²) in [7, 11) is 1.72. The van der Waals surface area contributed by atoms with Crippen LogP contribution in [0.2, 0.25) is 0 Å². The molecule has 0 bridgehead atoms. The Kier molecular flexibility index (Phi) is 3.03. The Hall–Kier alpha value is -1.80. The van der Waals surface area contributed by atoms with Gasteiger partial charge >= 0.3 is 0 Å². The predicted octanol–water partition coefficient (Wildman–Crippen LogP) is 3.10. The second-order valence-electron chi connectivity index (χ2n) is 5.19. The minimum Gasteiger partial charge on any atom is -0.497 e. The lowest BCUT2D eigenvalue weighted by atomic mass is 9.79. The van der Waals surface area contributed by atoms with Gasteiger partial charge in [-0.15, -0.1) is 0 Å². The van der Waals surface area contributed by atoms with Gasteiger partial charge in [-0.2, -0.15) is 0 Å². The first-order chi connectivity index (χ1) is 9.24. The van der Waals surface area contributed by atoms with Crippen LogP contribution in [0.3, 0.4) is 0 Å². The van der Waals surface area contributed by atoms with Crippen molar-refractivity contribution in [3.8, 4) is 5.75 Å². The monoisotopic (exact) mass is 253 g/mol. The first-order valence-corrected chi connectivity index (χ1v) is 6.72. The van der Waals surface area contributed by atoms with Gasteiger partial charge in [0.05, 0.1) is 12.6 Å². The van der Waals surface area contributed by atoms with E-state index < -0.39 is 0 Å². The minimum absolute atomic E-state index is 0.136. The van der Waals surface area contributed by atoms with E-state index in [4.69, 9.17) is 4.74 Å². The number of rotatable bonds is 2. The highest BCUT2D eigenvalue weighted by Gasteiger charge is 2.33. The number of nitrogens with one attached hydrogen (secondary N) is 1. The first kappa shape index (κ1) is 12.2. The number of hydrogen-bond acceptors (Lipinski definition) is 2. The molecule has 1 atom stereocenters. The highest BCUT2D eigenvalue weighted by Crippen LogP contribution is 2.36. The highest BCUT2D eigenvalue weighted by atomic mass is 16.5. The fourth-order valence-electron chi connectivity index (χ4n) is 2.94. The average Bonchev–Trinajstić information content (AvgIpc) is 2.48. The zero-order chi connectivity index (χ0) is 13.3. The molecule has 1 aliphatic rings. The molecule has 0 spiro atoms. The van der Waals surface area contributed by atoms with Crippen molar-refractivity contribution < 1.29 is 4.74 Å². The molecule has 0 saturated heterocycles. The Morgan fingerprint density at radius 2 is 1.89 bits per heavy atom. The maximum absolute atomic E-state index is 5.38. The maximum Gasteiger partial charge on any atom is 0.119 e. The summed E-state index contributed by atoms with van der Waals surface area (Å²) < 4.78 is 5.38. The maximum atomic E-state index is 5.38. The van der Waals surface area contributed by atoms with E-state index >= 15 is 0 Å². The van der Waals surface area contributed by atoms with E-state index in [-0.39, 0.29) is 5.54 Å². The zero-order valence-electron chi connectivity index (χ0n) is 11.4. The third-order valence-electron chi connectivity index (χ3n) is 4.08. The number of hydrogen-bond donors (Lipinski definition) is 1. The van der Waals surface area contributed by atoms with Gasteiger partial charge < -0.3 is 10.1 Å². The average molecular weight is 253 g/mol. The second kappa shape index (κ2) is 4.71. The van der Waals surface area contributed by atoms with Crippen LogP contribution in [0.25, 0.3) is 0 Å². The van der Waals surface area contributed by atoms with Crippen LogP contribution in [0, 0.1) is 0 Å². The van der Waals surface area contributed by atoms with E-state index in [1.807, 2.05) is 0 Å². The van der Waals surface area contributed by atoms with E-state index in [1.165, 1.54) is 16.7 Å². The molecule has 0 amide bonds. The summed E-state index contributed by atoms with van der Waals surface area (Å²) in [5.41, 5.74) is 3.89. The van der Waals surface area contributed by atoms with Crippen molar-refractivity contribution in [3.63, 3.8) is 0 Å². The molecule has 2 nitrogen and oxygen atoms in total. The van der Waals surface area contributed by atoms with E-state index in [2.05, 4.69) is 60.8 Å². The third-order valence-corrected chi connectivity index (χ3v) is 4.08. The van der Waals surface area contributed by atoms with Crippen LogP contribution < -0.4 is 10.1 Å². The first-order valence-electron chi connectivity index (χ1n) is 6.72. The Balaban J connectivity index is 2.15. The summed E-state index contributed by atoms with van der Waals surface area (Å²) in [5, 5.41) is 3.66. The second-order valence-corrected chi connectivity index (χ2v) is 5.19. The molecule has 19 heavy (non-hydrogen) atoms. The highest BCUT2D eigenvalue weighted by molar-refractivity contribution is 5.47.